The molecule has 4 aromatic rings. The van der Waals surface area contributed by atoms with Gasteiger partial charge in [0.05, 0.1) is 5.56 Å². The van der Waals surface area contributed by atoms with Crippen molar-refractivity contribution in [2.24, 2.45) is 0 Å². The lowest BCUT2D eigenvalue weighted by atomic mass is 10.1. The number of hydrogen-bond donors (Lipinski definition) is 3. The van der Waals surface area contributed by atoms with Gasteiger partial charge in [-0.3, -0.25) is 4.79 Å². The Balaban J connectivity index is 1.50. The van der Waals surface area contributed by atoms with E-state index in [-0.39, 0.29) is 17.2 Å². The second kappa shape index (κ2) is 7.22. The van der Waals surface area contributed by atoms with Crippen LogP contribution in [0.1, 0.15) is 10.4 Å². The maximum absolute atomic E-state index is 12.6. The van der Waals surface area contributed by atoms with Crippen molar-refractivity contribution >= 4 is 33.7 Å². The van der Waals surface area contributed by atoms with Crippen LogP contribution >= 0.6 is 0 Å². The molecule has 3 N–H and O–H groups in total. The molecule has 0 unspecified atom stereocenters. The molecule has 0 heterocycles. The SMILES string of the molecule is O=C(Nc1ccc(Nc2ccccc2)cc1)c1cc2ccccc2cc1O. The van der Waals surface area contributed by atoms with Crippen LogP contribution in [0.5, 0.6) is 5.75 Å². The summed E-state index contributed by atoms with van der Waals surface area (Å²) in [5, 5.41) is 18.1. The molecule has 0 aliphatic heterocycles. The third-order valence-electron chi connectivity index (χ3n) is 4.31. The zero-order valence-corrected chi connectivity index (χ0v) is 14.5. The fourth-order valence-corrected chi connectivity index (χ4v) is 2.93. The Labute approximate surface area is 157 Å². The van der Waals surface area contributed by atoms with Crippen LogP contribution < -0.4 is 10.6 Å². The van der Waals surface area contributed by atoms with Gasteiger partial charge in [0.15, 0.2) is 0 Å². The van der Waals surface area contributed by atoms with E-state index in [0.29, 0.717) is 5.69 Å². The zero-order valence-electron chi connectivity index (χ0n) is 14.5. The van der Waals surface area contributed by atoms with Crippen molar-refractivity contribution in [2.45, 2.75) is 0 Å². The molecule has 0 aliphatic carbocycles. The van der Waals surface area contributed by atoms with E-state index in [9.17, 15) is 9.90 Å². The molecule has 0 spiro atoms. The number of nitrogens with one attached hydrogen (secondary N) is 2. The van der Waals surface area contributed by atoms with E-state index in [1.165, 1.54) is 0 Å². The van der Waals surface area contributed by atoms with Gasteiger partial charge in [-0.25, -0.2) is 0 Å². The first-order chi connectivity index (χ1) is 13.2. The lowest BCUT2D eigenvalue weighted by Crippen LogP contribution is -2.12. The maximum Gasteiger partial charge on any atom is 0.259 e. The summed E-state index contributed by atoms with van der Waals surface area (Å²) in [5.74, 6) is -0.379. The Morgan fingerprint density at radius 2 is 1.22 bits per heavy atom. The van der Waals surface area contributed by atoms with E-state index in [1.807, 2.05) is 78.9 Å². The van der Waals surface area contributed by atoms with Gasteiger partial charge in [-0.15, -0.1) is 0 Å². The largest absolute Gasteiger partial charge is 0.507 e. The summed E-state index contributed by atoms with van der Waals surface area (Å²) < 4.78 is 0. The van der Waals surface area contributed by atoms with E-state index < -0.39 is 0 Å². The first-order valence-corrected chi connectivity index (χ1v) is 8.64. The van der Waals surface area contributed by atoms with Crippen molar-refractivity contribution in [1.82, 2.24) is 0 Å². The number of carbonyl (C=O) groups excluding carboxylic acids is 1. The molecular formula is C23H18N2O2. The predicted octanol–water partition coefficient (Wildman–Crippen LogP) is 5.54. The Bertz CT molecular complexity index is 1090. The van der Waals surface area contributed by atoms with Crippen LogP contribution in [-0.2, 0) is 0 Å². The molecule has 27 heavy (non-hydrogen) atoms. The average Bonchev–Trinajstić information content (AvgIpc) is 2.69. The predicted molar refractivity (Wildman–Crippen MR) is 110 cm³/mol. The van der Waals surface area contributed by atoms with Crippen LogP contribution in [0.3, 0.4) is 0 Å². The molecule has 4 nitrogen and oxygen atoms in total. The normalized spacial score (nSPS) is 10.5. The van der Waals surface area contributed by atoms with Crippen LogP contribution in [0.15, 0.2) is 91.0 Å². The topological polar surface area (TPSA) is 61.4 Å². The third kappa shape index (κ3) is 3.75. The van der Waals surface area contributed by atoms with Gasteiger partial charge in [-0.05, 0) is 59.3 Å². The summed E-state index contributed by atoms with van der Waals surface area (Å²) in [6.07, 6.45) is 0. The molecule has 0 radical (unpaired) electrons. The van der Waals surface area contributed by atoms with Crippen LogP contribution in [-0.4, -0.2) is 11.0 Å². The van der Waals surface area contributed by atoms with Crippen molar-refractivity contribution < 1.29 is 9.90 Å². The molecule has 132 valence electrons. The standard InChI is InChI=1S/C23H18N2O2/c26-22-15-17-7-5-4-6-16(17)14-21(22)23(27)25-20-12-10-19(11-13-20)24-18-8-2-1-3-9-18/h1-15,24,26H,(H,25,27). The van der Waals surface area contributed by atoms with E-state index in [1.54, 1.807) is 12.1 Å². The van der Waals surface area contributed by atoms with E-state index in [0.717, 1.165) is 22.1 Å². The first-order valence-electron chi connectivity index (χ1n) is 8.64. The second-order valence-corrected chi connectivity index (χ2v) is 6.24. The number of para-hydroxylation sites is 1. The minimum absolute atomic E-state index is 0.0337. The Hall–Kier alpha value is -3.79. The van der Waals surface area contributed by atoms with Crippen molar-refractivity contribution in [1.29, 1.82) is 0 Å². The average molecular weight is 354 g/mol. The summed E-state index contributed by atoms with van der Waals surface area (Å²) >= 11 is 0. The Morgan fingerprint density at radius 3 is 1.93 bits per heavy atom. The van der Waals surface area contributed by atoms with E-state index in [4.69, 9.17) is 0 Å². The molecule has 1 amide bonds. The number of fused-ring (bicyclic) bond motifs is 1. The quantitative estimate of drug-likeness (QED) is 0.451. The zero-order chi connectivity index (χ0) is 18.6. The molecule has 0 aliphatic rings. The molecule has 0 atom stereocenters. The molecule has 4 aromatic carbocycles. The molecule has 0 saturated carbocycles. The van der Waals surface area contributed by atoms with E-state index in [2.05, 4.69) is 10.6 Å². The van der Waals surface area contributed by atoms with Gasteiger partial charge in [-0.2, -0.15) is 0 Å². The van der Waals surface area contributed by atoms with Gasteiger partial charge < -0.3 is 15.7 Å². The number of rotatable bonds is 4. The van der Waals surface area contributed by atoms with Crippen LogP contribution in [0.2, 0.25) is 0 Å². The highest BCUT2D eigenvalue weighted by Crippen LogP contribution is 2.26. The molecule has 0 bridgehead atoms. The summed E-state index contributed by atoms with van der Waals surface area (Å²) in [7, 11) is 0. The highest BCUT2D eigenvalue weighted by atomic mass is 16.3. The van der Waals surface area contributed by atoms with Gasteiger partial charge in [0, 0.05) is 17.1 Å². The van der Waals surface area contributed by atoms with Gasteiger partial charge in [0.25, 0.3) is 5.91 Å². The highest BCUT2D eigenvalue weighted by molar-refractivity contribution is 6.08. The van der Waals surface area contributed by atoms with Crippen LogP contribution in [0.4, 0.5) is 17.1 Å². The number of anilines is 3. The highest BCUT2D eigenvalue weighted by Gasteiger charge is 2.12. The van der Waals surface area contributed by atoms with Gasteiger partial charge in [-0.1, -0.05) is 42.5 Å². The number of phenols is 1. The molecule has 0 aromatic heterocycles. The molecule has 4 rings (SSSR count). The van der Waals surface area contributed by atoms with Gasteiger partial charge in [0.2, 0.25) is 0 Å². The number of amides is 1. The summed E-state index contributed by atoms with van der Waals surface area (Å²) in [4.78, 5) is 12.6. The third-order valence-corrected chi connectivity index (χ3v) is 4.31. The fraction of sp³-hybridized carbons (Fsp3) is 0. The minimum atomic E-state index is -0.345. The first kappa shape index (κ1) is 16.7. The number of aromatic hydroxyl groups is 1. The number of phenolic OH excluding ortho intramolecular Hbond substituents is 1. The monoisotopic (exact) mass is 354 g/mol. The summed E-state index contributed by atoms with van der Waals surface area (Å²) in [6, 6.07) is 28.2. The smallest absolute Gasteiger partial charge is 0.259 e. The number of hydrogen-bond acceptors (Lipinski definition) is 3. The van der Waals surface area contributed by atoms with Crippen LogP contribution in [0, 0.1) is 0 Å². The maximum atomic E-state index is 12.6. The van der Waals surface area contributed by atoms with E-state index >= 15 is 0 Å². The summed E-state index contributed by atoms with van der Waals surface area (Å²) in [5.41, 5.74) is 2.83. The molecule has 4 heteroatoms. The van der Waals surface area contributed by atoms with Gasteiger partial charge in [0.1, 0.15) is 5.75 Å². The molecular weight excluding hydrogens is 336 g/mol. The van der Waals surface area contributed by atoms with Crippen LogP contribution in [0.25, 0.3) is 10.8 Å². The van der Waals surface area contributed by atoms with Crippen molar-refractivity contribution in [3.05, 3.63) is 96.6 Å². The van der Waals surface area contributed by atoms with Crippen molar-refractivity contribution in [3.63, 3.8) is 0 Å². The Kier molecular flexibility index (Phi) is 4.45. The molecule has 0 fully saturated rings. The summed E-state index contributed by atoms with van der Waals surface area (Å²) in [6.45, 7) is 0. The molecule has 0 saturated heterocycles. The number of benzene rings is 4. The Morgan fingerprint density at radius 1 is 0.667 bits per heavy atom. The van der Waals surface area contributed by atoms with Crippen molar-refractivity contribution in [3.8, 4) is 5.75 Å². The second-order valence-electron chi connectivity index (χ2n) is 6.24. The van der Waals surface area contributed by atoms with Crippen molar-refractivity contribution in [2.75, 3.05) is 10.6 Å². The van der Waals surface area contributed by atoms with Gasteiger partial charge >= 0.3 is 0 Å². The lowest BCUT2D eigenvalue weighted by molar-refractivity contribution is 0.102. The number of carbonyl (C=O) groups is 1. The fourth-order valence-electron chi connectivity index (χ4n) is 2.93. The minimum Gasteiger partial charge on any atom is -0.507 e. The lowest BCUT2D eigenvalue weighted by Gasteiger charge is -2.10.